The summed E-state index contributed by atoms with van der Waals surface area (Å²) in [5.41, 5.74) is 0.487. The number of phenols is 1. The second kappa shape index (κ2) is 14.3. The molecule has 0 aliphatic carbocycles. The average molecular weight is 452 g/mol. The first kappa shape index (κ1) is 28.9. The molecule has 0 heterocycles. The normalized spacial score (nSPS) is 10.0. The van der Waals surface area contributed by atoms with Crippen molar-refractivity contribution in [3.8, 4) is 11.5 Å². The molecule has 2 aromatic carbocycles. The molecule has 0 aliphatic heterocycles. The summed E-state index contributed by atoms with van der Waals surface area (Å²) in [6.07, 6.45) is 1.32. The second-order valence-electron chi connectivity index (χ2n) is 4.18. The number of aliphatic hydroxyl groups is 1. The fourth-order valence-electron chi connectivity index (χ4n) is 1.52. The molecule has 8 N–H and O–H groups in total. The number of halogens is 2. The Morgan fingerprint density at radius 3 is 2.35 bits per heavy atom. The van der Waals surface area contributed by atoms with Gasteiger partial charge in [0.25, 0.3) is 0 Å². The van der Waals surface area contributed by atoms with E-state index in [9.17, 15) is 10.2 Å². The number of aromatic hydroxyl groups is 1. The van der Waals surface area contributed by atoms with Gasteiger partial charge in [0, 0.05) is 27.1 Å². The minimum Gasteiger partial charge on any atom is -0.507 e. The van der Waals surface area contributed by atoms with Crippen molar-refractivity contribution in [2.45, 2.75) is 0 Å². The van der Waals surface area contributed by atoms with Gasteiger partial charge in [-0.05, 0) is 30.3 Å². The van der Waals surface area contributed by atoms with Gasteiger partial charge < -0.3 is 31.4 Å². The molecule has 0 bridgehead atoms. The standard InChI is InChI=1S/C15H12Cl2N2O3.Ni.3H2O/c16-11-5-6-14(12(17)7-11)22-9-15(21)19-18-8-10-3-1-2-4-13(10)20;;;;/h1-8,20H,9H2,(H,19,21);;3*1H2/b18-8-;;;;. The maximum Gasteiger partial charge on any atom is 0.244 e. The zero-order valence-corrected chi connectivity index (χ0v) is 15.6. The van der Waals surface area contributed by atoms with Gasteiger partial charge in [0.2, 0.25) is 5.90 Å². The molecule has 148 valence electrons. The third kappa shape index (κ3) is 9.00. The van der Waals surface area contributed by atoms with Crippen LogP contribution in [0.4, 0.5) is 0 Å². The van der Waals surface area contributed by atoms with Crippen molar-refractivity contribution < 1.29 is 47.9 Å². The number of ether oxygens (including phenoxy) is 1. The first-order chi connectivity index (χ1) is 10.6. The summed E-state index contributed by atoms with van der Waals surface area (Å²) in [6, 6.07) is 11.4. The molecule has 0 aromatic heterocycles. The molecule has 0 saturated carbocycles. The molecule has 0 spiro atoms. The number of para-hydroxylation sites is 1. The number of hydrogen-bond donors (Lipinski definition) is 2. The van der Waals surface area contributed by atoms with Gasteiger partial charge in [0.05, 0.1) is 11.2 Å². The Labute approximate surface area is 169 Å². The third-order valence-electron chi connectivity index (χ3n) is 2.56. The molecule has 0 aliphatic rings. The van der Waals surface area contributed by atoms with Crippen LogP contribution in [0.1, 0.15) is 5.56 Å². The predicted octanol–water partition coefficient (Wildman–Crippen LogP) is 1.59. The molecule has 0 atom stereocenters. The van der Waals surface area contributed by atoms with E-state index >= 15 is 0 Å². The van der Waals surface area contributed by atoms with E-state index in [0.29, 0.717) is 21.4 Å². The molecule has 0 radical (unpaired) electrons. The van der Waals surface area contributed by atoms with Gasteiger partial charge in [-0.15, -0.1) is 5.10 Å². The van der Waals surface area contributed by atoms with Gasteiger partial charge in [-0.1, -0.05) is 35.3 Å². The van der Waals surface area contributed by atoms with Crippen LogP contribution in [-0.4, -0.2) is 45.4 Å². The third-order valence-corrected chi connectivity index (χ3v) is 3.09. The first-order valence-corrected chi connectivity index (χ1v) is 6.96. The van der Waals surface area contributed by atoms with E-state index in [1.807, 2.05) is 0 Å². The molecular weight excluding hydrogens is 434 g/mol. The Morgan fingerprint density at radius 1 is 1.08 bits per heavy atom. The summed E-state index contributed by atoms with van der Waals surface area (Å²) in [4.78, 5) is 0. The van der Waals surface area contributed by atoms with Crippen LogP contribution in [0.15, 0.2) is 52.7 Å². The Kier molecular flexibility index (Phi) is 15.9. The van der Waals surface area contributed by atoms with Gasteiger partial charge in [-0.2, -0.15) is 5.10 Å². The number of aliphatic hydroxyl groups excluding tert-OH is 1. The predicted molar refractivity (Wildman–Crippen MR) is 98.6 cm³/mol. The summed E-state index contributed by atoms with van der Waals surface area (Å²) in [7, 11) is 0. The van der Waals surface area contributed by atoms with E-state index in [1.54, 1.807) is 30.3 Å². The van der Waals surface area contributed by atoms with Crippen molar-refractivity contribution in [2.24, 2.45) is 10.2 Å². The van der Waals surface area contributed by atoms with E-state index in [4.69, 9.17) is 27.9 Å². The van der Waals surface area contributed by atoms with Crippen LogP contribution in [-0.2, 0) is 16.5 Å². The first-order valence-electron chi connectivity index (χ1n) is 6.21. The molecule has 0 unspecified atom stereocenters. The van der Waals surface area contributed by atoms with Crippen LogP contribution < -0.4 is 4.74 Å². The van der Waals surface area contributed by atoms with Gasteiger partial charge in [0.1, 0.15) is 11.5 Å². The van der Waals surface area contributed by atoms with E-state index in [2.05, 4.69) is 10.2 Å². The average Bonchev–Trinajstić information content (AvgIpc) is 2.48. The molecule has 8 nitrogen and oxygen atoms in total. The fraction of sp³-hybridized carbons (Fsp3) is 0.0667. The minimum atomic E-state index is -0.335. The number of hydrogen-bond acceptors (Lipinski definition) is 4. The number of rotatable bonds is 5. The summed E-state index contributed by atoms with van der Waals surface area (Å²) in [5.74, 6) is 0.111. The summed E-state index contributed by atoms with van der Waals surface area (Å²) in [6.45, 7) is -0.195. The molecule has 0 fully saturated rings. The molecule has 2 aromatic rings. The SMILES string of the molecule is O.O.O.O/C(COc1ccc(Cl)cc1Cl)=N\N=C/c1ccccc1O.[Ni]. The summed E-state index contributed by atoms with van der Waals surface area (Å²) >= 11 is 11.7. The van der Waals surface area contributed by atoms with Crippen LogP contribution in [0.2, 0.25) is 10.0 Å². The Morgan fingerprint density at radius 2 is 1.73 bits per heavy atom. The maximum absolute atomic E-state index is 9.58. The Hall–Kier alpha value is -1.87. The van der Waals surface area contributed by atoms with Crippen molar-refractivity contribution in [3.05, 3.63) is 58.1 Å². The van der Waals surface area contributed by atoms with E-state index in [0.717, 1.165) is 0 Å². The number of benzene rings is 2. The van der Waals surface area contributed by atoms with Crippen LogP contribution in [0.25, 0.3) is 0 Å². The summed E-state index contributed by atoms with van der Waals surface area (Å²) in [5, 5.41) is 27.2. The fourth-order valence-corrected chi connectivity index (χ4v) is 1.98. The quantitative estimate of drug-likeness (QED) is 0.305. The Bertz CT molecular complexity index is 731. The van der Waals surface area contributed by atoms with Gasteiger partial charge in [-0.25, -0.2) is 0 Å². The maximum atomic E-state index is 9.58. The number of nitrogens with zero attached hydrogens (tertiary/aromatic N) is 2. The molecule has 26 heavy (non-hydrogen) atoms. The van der Waals surface area contributed by atoms with Crippen LogP contribution in [0.5, 0.6) is 11.5 Å². The summed E-state index contributed by atoms with van der Waals surface area (Å²) < 4.78 is 5.29. The van der Waals surface area contributed by atoms with Crippen molar-refractivity contribution in [1.82, 2.24) is 0 Å². The van der Waals surface area contributed by atoms with E-state index in [1.165, 1.54) is 18.3 Å². The van der Waals surface area contributed by atoms with Crippen molar-refractivity contribution in [2.75, 3.05) is 6.61 Å². The zero-order valence-electron chi connectivity index (χ0n) is 13.1. The van der Waals surface area contributed by atoms with Crippen molar-refractivity contribution >= 4 is 35.3 Å². The Balaban J connectivity index is -0.00000132. The van der Waals surface area contributed by atoms with Gasteiger partial charge in [0.15, 0.2) is 6.61 Å². The van der Waals surface area contributed by atoms with E-state index < -0.39 is 0 Å². The van der Waals surface area contributed by atoms with Gasteiger partial charge >= 0.3 is 0 Å². The van der Waals surface area contributed by atoms with Crippen molar-refractivity contribution in [3.63, 3.8) is 0 Å². The monoisotopic (exact) mass is 450 g/mol. The largest absolute Gasteiger partial charge is 0.507 e. The smallest absolute Gasteiger partial charge is 0.244 e. The topological polar surface area (TPSA) is 169 Å². The van der Waals surface area contributed by atoms with Crippen molar-refractivity contribution in [1.29, 1.82) is 0 Å². The van der Waals surface area contributed by atoms with Crippen LogP contribution >= 0.6 is 23.2 Å². The number of phenolic OH excluding ortho intramolecular Hbond substituents is 1. The molecule has 0 amide bonds. The molecular formula is C15H18Cl2N2NiO6. The van der Waals surface area contributed by atoms with Crippen LogP contribution in [0.3, 0.4) is 0 Å². The molecule has 0 saturated heterocycles. The zero-order chi connectivity index (χ0) is 15.9. The molecule has 2 rings (SSSR count). The second-order valence-corrected chi connectivity index (χ2v) is 5.03. The van der Waals surface area contributed by atoms with Crippen LogP contribution in [0, 0.1) is 0 Å². The van der Waals surface area contributed by atoms with Gasteiger partial charge in [-0.3, -0.25) is 0 Å². The van der Waals surface area contributed by atoms with E-state index in [-0.39, 0.29) is 51.2 Å². The molecule has 11 heteroatoms. The minimum absolute atomic E-state index is 0.